The summed E-state index contributed by atoms with van der Waals surface area (Å²) in [5.74, 6) is 0.605. The molecule has 1 aromatic carbocycles. The molecule has 2 aliphatic rings. The van der Waals surface area contributed by atoms with Gasteiger partial charge < -0.3 is 10.1 Å². The minimum absolute atomic E-state index is 0.181. The summed E-state index contributed by atoms with van der Waals surface area (Å²) in [7, 11) is 0. The normalized spacial score (nSPS) is 27.5. The van der Waals surface area contributed by atoms with Crippen LogP contribution in [0, 0.1) is 6.92 Å². The van der Waals surface area contributed by atoms with E-state index in [9.17, 15) is 0 Å². The van der Waals surface area contributed by atoms with Crippen molar-refractivity contribution in [2.75, 3.05) is 19.7 Å². The number of rotatable bonds is 1. The van der Waals surface area contributed by atoms with E-state index in [0.717, 1.165) is 19.7 Å². The molecule has 2 saturated heterocycles. The van der Waals surface area contributed by atoms with E-state index < -0.39 is 0 Å². The third-order valence-corrected chi connectivity index (χ3v) is 4.27. The summed E-state index contributed by atoms with van der Waals surface area (Å²) in [6.07, 6.45) is 3.56. The largest absolute Gasteiger partial charge is 0.374 e. The van der Waals surface area contributed by atoms with Gasteiger partial charge in [-0.25, -0.2) is 0 Å². The molecule has 1 atom stereocenters. The monoisotopic (exact) mass is 231 g/mol. The van der Waals surface area contributed by atoms with E-state index in [4.69, 9.17) is 4.74 Å². The topological polar surface area (TPSA) is 21.3 Å². The molecule has 0 bridgehead atoms. The second-order valence-electron chi connectivity index (χ2n) is 5.56. The summed E-state index contributed by atoms with van der Waals surface area (Å²) in [5.41, 5.74) is 2.97. The Morgan fingerprint density at radius 1 is 1.18 bits per heavy atom. The molecule has 0 aliphatic carbocycles. The lowest BCUT2D eigenvalue weighted by Crippen LogP contribution is -2.41. The van der Waals surface area contributed by atoms with Gasteiger partial charge >= 0.3 is 0 Å². The average Bonchev–Trinajstić information content (AvgIpc) is 2.75. The molecule has 1 N–H and O–H groups in total. The molecule has 92 valence electrons. The zero-order valence-corrected chi connectivity index (χ0v) is 10.5. The van der Waals surface area contributed by atoms with E-state index >= 15 is 0 Å². The van der Waals surface area contributed by atoms with Crippen molar-refractivity contribution < 1.29 is 4.74 Å². The Morgan fingerprint density at radius 3 is 2.59 bits per heavy atom. The smallest absolute Gasteiger partial charge is 0.0713 e. The molecular formula is C15H21NO. The number of hydrogen-bond donors (Lipinski definition) is 1. The van der Waals surface area contributed by atoms with Crippen molar-refractivity contribution in [1.29, 1.82) is 0 Å². The standard InChI is InChI=1S/C15H21NO/c1-12-2-4-13(5-3-12)14-10-15(17-11-14)6-8-16-9-7-15/h2-5,14,16H,6-11H2,1H3. The van der Waals surface area contributed by atoms with E-state index in [1.165, 1.54) is 30.4 Å². The Balaban J connectivity index is 1.72. The number of nitrogens with one attached hydrogen (secondary N) is 1. The van der Waals surface area contributed by atoms with E-state index in [-0.39, 0.29) is 5.60 Å². The fourth-order valence-corrected chi connectivity index (χ4v) is 3.13. The van der Waals surface area contributed by atoms with Gasteiger partial charge in [0.25, 0.3) is 0 Å². The molecule has 1 aromatic rings. The van der Waals surface area contributed by atoms with Gasteiger partial charge in [0.1, 0.15) is 0 Å². The summed E-state index contributed by atoms with van der Waals surface area (Å²) in [4.78, 5) is 0. The molecule has 2 fully saturated rings. The zero-order valence-electron chi connectivity index (χ0n) is 10.5. The van der Waals surface area contributed by atoms with Gasteiger partial charge in [0.15, 0.2) is 0 Å². The summed E-state index contributed by atoms with van der Waals surface area (Å²) < 4.78 is 6.14. The fourth-order valence-electron chi connectivity index (χ4n) is 3.13. The van der Waals surface area contributed by atoms with Crippen LogP contribution in [-0.2, 0) is 4.74 Å². The quantitative estimate of drug-likeness (QED) is 0.802. The predicted octanol–water partition coefficient (Wildman–Crippen LogP) is 2.62. The van der Waals surface area contributed by atoms with Gasteiger partial charge in [-0.15, -0.1) is 0 Å². The summed E-state index contributed by atoms with van der Waals surface area (Å²) in [6, 6.07) is 8.96. The molecule has 1 spiro atoms. The third-order valence-electron chi connectivity index (χ3n) is 4.27. The molecule has 0 amide bonds. The number of ether oxygens (including phenoxy) is 1. The predicted molar refractivity (Wildman–Crippen MR) is 69.3 cm³/mol. The van der Waals surface area contributed by atoms with Crippen LogP contribution in [-0.4, -0.2) is 25.3 Å². The van der Waals surface area contributed by atoms with Crippen LogP contribution in [0.1, 0.15) is 36.3 Å². The maximum Gasteiger partial charge on any atom is 0.0713 e. The second kappa shape index (κ2) is 4.43. The van der Waals surface area contributed by atoms with E-state index in [0.29, 0.717) is 5.92 Å². The van der Waals surface area contributed by atoms with Gasteiger partial charge in [0.2, 0.25) is 0 Å². The lowest BCUT2D eigenvalue weighted by atomic mass is 9.83. The number of aryl methyl sites for hydroxylation is 1. The molecule has 17 heavy (non-hydrogen) atoms. The first-order valence-corrected chi connectivity index (χ1v) is 6.69. The minimum atomic E-state index is 0.181. The van der Waals surface area contributed by atoms with Crippen LogP contribution in [0.25, 0.3) is 0 Å². The second-order valence-corrected chi connectivity index (χ2v) is 5.56. The molecular weight excluding hydrogens is 210 g/mol. The van der Waals surface area contributed by atoms with Crippen molar-refractivity contribution in [2.24, 2.45) is 0 Å². The van der Waals surface area contributed by atoms with Crippen LogP contribution >= 0.6 is 0 Å². The first kappa shape index (κ1) is 11.2. The van der Waals surface area contributed by atoms with Gasteiger partial charge in [-0.1, -0.05) is 29.8 Å². The van der Waals surface area contributed by atoms with Gasteiger partial charge in [-0.2, -0.15) is 0 Å². The SMILES string of the molecule is Cc1ccc(C2COC3(CCNCC3)C2)cc1. The number of hydrogen-bond acceptors (Lipinski definition) is 2. The van der Waals surface area contributed by atoms with E-state index in [1.54, 1.807) is 0 Å². The van der Waals surface area contributed by atoms with Crippen molar-refractivity contribution >= 4 is 0 Å². The van der Waals surface area contributed by atoms with Crippen LogP contribution in [0.4, 0.5) is 0 Å². The Labute approximate surface area is 103 Å². The highest BCUT2D eigenvalue weighted by Gasteiger charge is 2.41. The van der Waals surface area contributed by atoms with Crippen molar-refractivity contribution in [3.8, 4) is 0 Å². The molecule has 2 aliphatic heterocycles. The first-order valence-electron chi connectivity index (χ1n) is 6.69. The highest BCUT2D eigenvalue weighted by atomic mass is 16.5. The Bertz CT molecular complexity index is 378. The Kier molecular flexibility index (Phi) is 2.93. The van der Waals surface area contributed by atoms with Gasteiger partial charge in [0.05, 0.1) is 12.2 Å². The molecule has 1 unspecified atom stereocenters. The Hall–Kier alpha value is -0.860. The van der Waals surface area contributed by atoms with Crippen LogP contribution in [0.15, 0.2) is 24.3 Å². The summed E-state index contributed by atoms with van der Waals surface area (Å²) in [6.45, 7) is 5.27. The lowest BCUT2D eigenvalue weighted by molar-refractivity contribution is -0.0193. The van der Waals surface area contributed by atoms with Crippen molar-refractivity contribution in [1.82, 2.24) is 5.32 Å². The molecule has 0 aromatic heterocycles. The van der Waals surface area contributed by atoms with Crippen molar-refractivity contribution in [3.05, 3.63) is 35.4 Å². The van der Waals surface area contributed by atoms with Gasteiger partial charge in [0, 0.05) is 5.92 Å². The number of benzene rings is 1. The third kappa shape index (κ3) is 2.24. The summed E-state index contributed by atoms with van der Waals surface area (Å²) >= 11 is 0. The maximum absolute atomic E-state index is 6.14. The lowest BCUT2D eigenvalue weighted by Gasteiger charge is -2.33. The van der Waals surface area contributed by atoms with Crippen LogP contribution in [0.5, 0.6) is 0 Å². The Morgan fingerprint density at radius 2 is 1.88 bits per heavy atom. The van der Waals surface area contributed by atoms with Crippen LogP contribution in [0.3, 0.4) is 0 Å². The molecule has 0 radical (unpaired) electrons. The minimum Gasteiger partial charge on any atom is -0.374 e. The van der Waals surface area contributed by atoms with Gasteiger partial charge in [-0.05, 0) is 44.8 Å². The fraction of sp³-hybridized carbons (Fsp3) is 0.600. The van der Waals surface area contributed by atoms with Crippen molar-refractivity contribution in [3.63, 3.8) is 0 Å². The van der Waals surface area contributed by atoms with Crippen LogP contribution in [0.2, 0.25) is 0 Å². The van der Waals surface area contributed by atoms with Crippen LogP contribution < -0.4 is 5.32 Å². The summed E-state index contributed by atoms with van der Waals surface area (Å²) in [5, 5.41) is 3.42. The zero-order chi connectivity index (χ0) is 11.7. The maximum atomic E-state index is 6.14. The molecule has 2 heterocycles. The molecule has 2 heteroatoms. The van der Waals surface area contributed by atoms with Gasteiger partial charge in [-0.3, -0.25) is 0 Å². The molecule has 2 nitrogen and oxygen atoms in total. The van der Waals surface area contributed by atoms with E-state index in [1.807, 2.05) is 0 Å². The highest BCUT2D eigenvalue weighted by molar-refractivity contribution is 5.26. The molecule has 3 rings (SSSR count). The highest BCUT2D eigenvalue weighted by Crippen LogP contribution is 2.41. The van der Waals surface area contributed by atoms with Crippen molar-refractivity contribution in [2.45, 2.75) is 37.7 Å². The van der Waals surface area contributed by atoms with E-state index in [2.05, 4.69) is 36.5 Å². The first-order chi connectivity index (χ1) is 8.27. The average molecular weight is 231 g/mol. The number of piperidine rings is 1. The molecule has 0 saturated carbocycles.